The highest BCUT2D eigenvalue weighted by Gasteiger charge is 2.32. The predicted octanol–water partition coefficient (Wildman–Crippen LogP) is 0.234. The molecular weight excluding hydrogens is 290 g/mol. The SMILES string of the molecule is CCNCc1cn[nH]c1S(=O)(=O)N(C)C1CCCN(C)C1. The Morgan fingerprint density at radius 2 is 2.33 bits per heavy atom. The first kappa shape index (κ1) is 16.4. The molecule has 2 rings (SSSR count). The van der Waals surface area contributed by atoms with Crippen molar-refractivity contribution >= 4 is 10.0 Å². The Bertz CT molecular complexity index is 557. The molecule has 0 saturated carbocycles. The van der Waals surface area contributed by atoms with Crippen LogP contribution in [0.25, 0.3) is 0 Å². The van der Waals surface area contributed by atoms with Crippen molar-refractivity contribution in [2.24, 2.45) is 0 Å². The van der Waals surface area contributed by atoms with E-state index in [9.17, 15) is 8.42 Å². The maximum atomic E-state index is 12.8. The number of likely N-dealkylation sites (tertiary alicyclic amines) is 1. The van der Waals surface area contributed by atoms with E-state index in [0.717, 1.165) is 32.5 Å². The van der Waals surface area contributed by atoms with E-state index in [1.807, 2.05) is 14.0 Å². The first-order valence-electron chi connectivity index (χ1n) is 7.36. The Labute approximate surface area is 126 Å². The molecule has 0 radical (unpaired) electrons. The van der Waals surface area contributed by atoms with Gasteiger partial charge in [-0.25, -0.2) is 8.42 Å². The third-order valence-electron chi connectivity index (χ3n) is 3.99. The van der Waals surface area contributed by atoms with Crippen LogP contribution in [0.4, 0.5) is 0 Å². The van der Waals surface area contributed by atoms with Crippen LogP contribution in [0.2, 0.25) is 0 Å². The zero-order valence-corrected chi connectivity index (χ0v) is 13.8. The van der Waals surface area contributed by atoms with Crippen LogP contribution < -0.4 is 5.32 Å². The number of hydrogen-bond acceptors (Lipinski definition) is 5. The normalized spacial score (nSPS) is 21.0. The number of piperidine rings is 1. The molecule has 1 fully saturated rings. The molecule has 2 heterocycles. The van der Waals surface area contributed by atoms with Crippen LogP contribution in [0.5, 0.6) is 0 Å². The number of H-pyrrole nitrogens is 1. The smallest absolute Gasteiger partial charge is 0.260 e. The van der Waals surface area contributed by atoms with Crippen molar-refractivity contribution in [3.05, 3.63) is 11.8 Å². The molecule has 1 aromatic rings. The topological polar surface area (TPSA) is 81.3 Å². The average molecular weight is 315 g/mol. The van der Waals surface area contributed by atoms with E-state index >= 15 is 0 Å². The highest BCUT2D eigenvalue weighted by atomic mass is 32.2. The van der Waals surface area contributed by atoms with Gasteiger partial charge in [0, 0.05) is 31.7 Å². The largest absolute Gasteiger partial charge is 0.313 e. The molecule has 1 atom stereocenters. The van der Waals surface area contributed by atoms with Gasteiger partial charge in [-0.2, -0.15) is 9.40 Å². The maximum absolute atomic E-state index is 12.8. The quantitative estimate of drug-likeness (QED) is 0.785. The van der Waals surface area contributed by atoms with Gasteiger partial charge in [0.25, 0.3) is 10.0 Å². The van der Waals surface area contributed by atoms with Gasteiger partial charge in [-0.1, -0.05) is 6.92 Å². The summed E-state index contributed by atoms with van der Waals surface area (Å²) < 4.78 is 27.1. The predicted molar refractivity (Wildman–Crippen MR) is 81.4 cm³/mol. The van der Waals surface area contributed by atoms with Crippen LogP contribution in [0, 0.1) is 0 Å². The van der Waals surface area contributed by atoms with Gasteiger partial charge in [-0.05, 0) is 33.0 Å². The second-order valence-corrected chi connectivity index (χ2v) is 7.52. The number of hydrogen-bond donors (Lipinski definition) is 2. The summed E-state index contributed by atoms with van der Waals surface area (Å²) in [5.74, 6) is 0. The zero-order valence-electron chi connectivity index (χ0n) is 13.0. The minimum atomic E-state index is -3.53. The van der Waals surface area contributed by atoms with E-state index in [0.29, 0.717) is 12.1 Å². The van der Waals surface area contributed by atoms with Gasteiger partial charge in [0.15, 0.2) is 5.03 Å². The lowest BCUT2D eigenvalue weighted by molar-refractivity contribution is 0.187. The number of likely N-dealkylation sites (N-methyl/N-ethyl adjacent to an activating group) is 2. The van der Waals surface area contributed by atoms with E-state index in [1.165, 1.54) is 4.31 Å². The van der Waals surface area contributed by atoms with Crippen molar-refractivity contribution in [1.82, 2.24) is 24.7 Å². The molecule has 21 heavy (non-hydrogen) atoms. The lowest BCUT2D eigenvalue weighted by Crippen LogP contribution is -2.47. The van der Waals surface area contributed by atoms with Crippen molar-refractivity contribution in [3.63, 3.8) is 0 Å². The fourth-order valence-electron chi connectivity index (χ4n) is 2.68. The molecule has 0 aliphatic carbocycles. The lowest BCUT2D eigenvalue weighted by atomic mass is 10.1. The fourth-order valence-corrected chi connectivity index (χ4v) is 4.16. The van der Waals surface area contributed by atoms with Gasteiger partial charge in [-0.15, -0.1) is 0 Å². The van der Waals surface area contributed by atoms with Crippen LogP contribution >= 0.6 is 0 Å². The van der Waals surface area contributed by atoms with E-state index in [4.69, 9.17) is 0 Å². The Kier molecular flexibility index (Phi) is 5.37. The van der Waals surface area contributed by atoms with Crippen LogP contribution in [0.1, 0.15) is 25.3 Å². The average Bonchev–Trinajstić information content (AvgIpc) is 2.93. The van der Waals surface area contributed by atoms with Gasteiger partial charge < -0.3 is 10.2 Å². The molecule has 1 unspecified atom stereocenters. The summed E-state index contributed by atoms with van der Waals surface area (Å²) in [5, 5.41) is 9.90. The molecular formula is C13H25N5O2S. The number of nitrogens with zero attached hydrogens (tertiary/aromatic N) is 3. The van der Waals surface area contributed by atoms with Crippen molar-refractivity contribution in [1.29, 1.82) is 0 Å². The number of nitrogens with one attached hydrogen (secondary N) is 2. The molecule has 0 bridgehead atoms. The molecule has 7 nitrogen and oxygen atoms in total. The highest BCUT2D eigenvalue weighted by molar-refractivity contribution is 7.89. The Hall–Kier alpha value is -0.960. The Balaban J connectivity index is 2.19. The number of sulfonamides is 1. The van der Waals surface area contributed by atoms with Gasteiger partial charge >= 0.3 is 0 Å². The Morgan fingerprint density at radius 3 is 3.00 bits per heavy atom. The molecule has 0 amide bonds. The Morgan fingerprint density at radius 1 is 1.57 bits per heavy atom. The second-order valence-electron chi connectivity index (χ2n) is 5.58. The first-order chi connectivity index (χ1) is 9.96. The molecule has 1 aromatic heterocycles. The van der Waals surface area contributed by atoms with Crippen molar-refractivity contribution in [2.75, 3.05) is 33.7 Å². The zero-order chi connectivity index (χ0) is 15.5. The number of aromatic nitrogens is 2. The van der Waals surface area contributed by atoms with Crippen molar-refractivity contribution in [3.8, 4) is 0 Å². The fraction of sp³-hybridized carbons (Fsp3) is 0.769. The van der Waals surface area contributed by atoms with E-state index < -0.39 is 10.0 Å². The van der Waals surface area contributed by atoms with Crippen LogP contribution in [-0.2, 0) is 16.6 Å². The van der Waals surface area contributed by atoms with E-state index in [2.05, 4.69) is 20.4 Å². The maximum Gasteiger partial charge on any atom is 0.260 e. The number of rotatable bonds is 6. The number of aromatic amines is 1. The third-order valence-corrected chi connectivity index (χ3v) is 5.92. The lowest BCUT2D eigenvalue weighted by Gasteiger charge is -2.34. The monoisotopic (exact) mass is 315 g/mol. The van der Waals surface area contributed by atoms with Crippen molar-refractivity contribution in [2.45, 2.75) is 37.4 Å². The molecule has 8 heteroatoms. The van der Waals surface area contributed by atoms with Crippen molar-refractivity contribution < 1.29 is 8.42 Å². The summed E-state index contributed by atoms with van der Waals surface area (Å²) >= 11 is 0. The molecule has 0 spiro atoms. The van der Waals surface area contributed by atoms with E-state index in [-0.39, 0.29) is 11.1 Å². The minimum Gasteiger partial charge on any atom is -0.313 e. The summed E-state index contributed by atoms with van der Waals surface area (Å²) in [6.07, 6.45) is 3.50. The van der Waals surface area contributed by atoms with Gasteiger partial charge in [0.1, 0.15) is 0 Å². The van der Waals surface area contributed by atoms with E-state index in [1.54, 1.807) is 13.2 Å². The van der Waals surface area contributed by atoms with Crippen LogP contribution in [-0.4, -0.2) is 67.6 Å². The molecule has 2 N–H and O–H groups in total. The molecule has 1 aliphatic heterocycles. The van der Waals surface area contributed by atoms with Gasteiger partial charge in [0.2, 0.25) is 0 Å². The molecule has 1 aliphatic rings. The minimum absolute atomic E-state index is 0.0176. The summed E-state index contributed by atoms with van der Waals surface area (Å²) in [6, 6.07) is 0.0176. The molecule has 1 saturated heterocycles. The van der Waals surface area contributed by atoms with Gasteiger partial charge in [-0.3, -0.25) is 5.10 Å². The van der Waals surface area contributed by atoms with Crippen LogP contribution in [0.3, 0.4) is 0 Å². The third kappa shape index (κ3) is 3.63. The summed E-state index contributed by atoms with van der Waals surface area (Å²) in [7, 11) is 0.160. The van der Waals surface area contributed by atoms with Crippen LogP contribution in [0.15, 0.2) is 11.2 Å². The molecule has 120 valence electrons. The van der Waals surface area contributed by atoms with Gasteiger partial charge in [0.05, 0.1) is 6.20 Å². The summed E-state index contributed by atoms with van der Waals surface area (Å²) in [6.45, 7) is 5.07. The second kappa shape index (κ2) is 6.87. The summed E-state index contributed by atoms with van der Waals surface area (Å²) in [5.41, 5.74) is 0.688. The first-order valence-corrected chi connectivity index (χ1v) is 8.80. The standard InChI is InChI=1S/C13H25N5O2S/c1-4-14-8-11-9-15-16-13(11)21(19,20)18(3)12-6-5-7-17(2)10-12/h9,12,14H,4-8,10H2,1-3H3,(H,15,16). The molecule has 0 aromatic carbocycles. The summed E-state index contributed by atoms with van der Waals surface area (Å²) in [4.78, 5) is 2.17. The highest BCUT2D eigenvalue weighted by Crippen LogP contribution is 2.22.